The van der Waals surface area contributed by atoms with Crippen molar-refractivity contribution < 1.29 is 14.3 Å². The standard InChI is InChI=1S/C20H21ClN2O3S/c1-3-11-26-18-10-5-15(12-19(18)25-4-2)13-22-23-20(24)14-27-17-8-6-16(21)7-9-17/h3,5-10,12-13H,1,4,11,14H2,2H3,(H,23,24). The molecule has 0 atom stereocenters. The lowest BCUT2D eigenvalue weighted by molar-refractivity contribution is -0.118. The van der Waals surface area contributed by atoms with Crippen LogP contribution in [-0.2, 0) is 4.79 Å². The van der Waals surface area contributed by atoms with Gasteiger partial charge in [0.05, 0.1) is 18.6 Å². The molecule has 0 aromatic heterocycles. The van der Waals surface area contributed by atoms with E-state index in [4.69, 9.17) is 21.1 Å². The minimum atomic E-state index is -0.192. The van der Waals surface area contributed by atoms with Gasteiger partial charge in [-0.2, -0.15) is 5.10 Å². The highest BCUT2D eigenvalue weighted by Crippen LogP contribution is 2.28. The number of carbonyl (C=O) groups excluding carboxylic acids is 1. The number of halogens is 1. The summed E-state index contributed by atoms with van der Waals surface area (Å²) >= 11 is 7.25. The molecule has 1 amide bonds. The van der Waals surface area contributed by atoms with Gasteiger partial charge in [0.1, 0.15) is 6.61 Å². The van der Waals surface area contributed by atoms with Gasteiger partial charge in [-0.3, -0.25) is 4.79 Å². The number of nitrogens with zero attached hydrogens (tertiary/aromatic N) is 1. The summed E-state index contributed by atoms with van der Waals surface area (Å²) in [5, 5.41) is 4.66. The fourth-order valence-electron chi connectivity index (χ4n) is 2.03. The molecule has 0 aliphatic carbocycles. The van der Waals surface area contributed by atoms with Crippen LogP contribution in [0.1, 0.15) is 12.5 Å². The average Bonchev–Trinajstić information content (AvgIpc) is 2.67. The van der Waals surface area contributed by atoms with Crippen LogP contribution in [0.25, 0.3) is 0 Å². The minimum Gasteiger partial charge on any atom is -0.490 e. The van der Waals surface area contributed by atoms with E-state index in [-0.39, 0.29) is 11.7 Å². The number of hydrogen-bond donors (Lipinski definition) is 1. The second-order valence-corrected chi connectivity index (χ2v) is 6.76. The Hall–Kier alpha value is -2.44. The molecule has 0 aliphatic rings. The van der Waals surface area contributed by atoms with E-state index in [2.05, 4.69) is 17.1 Å². The third-order valence-electron chi connectivity index (χ3n) is 3.21. The van der Waals surface area contributed by atoms with Crippen LogP contribution in [0.3, 0.4) is 0 Å². The Morgan fingerprint density at radius 1 is 1.22 bits per heavy atom. The summed E-state index contributed by atoms with van der Waals surface area (Å²) in [6.07, 6.45) is 3.23. The first-order chi connectivity index (χ1) is 13.1. The lowest BCUT2D eigenvalue weighted by Gasteiger charge is -2.11. The van der Waals surface area contributed by atoms with E-state index in [0.717, 1.165) is 10.5 Å². The molecule has 0 spiro atoms. The van der Waals surface area contributed by atoms with Gasteiger partial charge in [0.2, 0.25) is 5.91 Å². The van der Waals surface area contributed by atoms with Crippen LogP contribution in [-0.4, -0.2) is 31.1 Å². The number of ether oxygens (including phenoxy) is 2. The Morgan fingerprint density at radius 2 is 2.00 bits per heavy atom. The molecule has 2 rings (SSSR count). The molecule has 27 heavy (non-hydrogen) atoms. The van der Waals surface area contributed by atoms with Crippen LogP contribution in [0.2, 0.25) is 5.02 Å². The van der Waals surface area contributed by atoms with Gasteiger partial charge in [0.15, 0.2) is 11.5 Å². The number of rotatable bonds is 10. The van der Waals surface area contributed by atoms with Gasteiger partial charge in [0, 0.05) is 9.92 Å². The molecule has 2 aromatic carbocycles. The van der Waals surface area contributed by atoms with Crippen LogP contribution in [0.5, 0.6) is 11.5 Å². The second kappa shape index (κ2) is 11.3. The molecule has 5 nitrogen and oxygen atoms in total. The van der Waals surface area contributed by atoms with Crippen LogP contribution in [0.15, 0.2) is 65.1 Å². The van der Waals surface area contributed by atoms with Crippen LogP contribution in [0, 0.1) is 0 Å². The van der Waals surface area contributed by atoms with Crippen molar-refractivity contribution in [3.8, 4) is 11.5 Å². The Bertz CT molecular complexity index is 794. The lowest BCUT2D eigenvalue weighted by Crippen LogP contribution is -2.19. The number of carbonyl (C=O) groups is 1. The molecule has 1 N–H and O–H groups in total. The van der Waals surface area contributed by atoms with Crippen LogP contribution >= 0.6 is 23.4 Å². The Morgan fingerprint density at radius 3 is 2.70 bits per heavy atom. The molecular formula is C20H21ClN2O3S. The smallest absolute Gasteiger partial charge is 0.250 e. The number of hydrogen-bond acceptors (Lipinski definition) is 5. The molecule has 0 aliphatic heterocycles. The zero-order valence-electron chi connectivity index (χ0n) is 15.0. The van der Waals surface area contributed by atoms with E-state index >= 15 is 0 Å². The zero-order valence-corrected chi connectivity index (χ0v) is 16.6. The summed E-state index contributed by atoms with van der Waals surface area (Å²) in [6, 6.07) is 12.8. The minimum absolute atomic E-state index is 0.192. The normalized spacial score (nSPS) is 10.6. The zero-order chi connectivity index (χ0) is 19.5. The summed E-state index contributed by atoms with van der Waals surface area (Å²) in [5.41, 5.74) is 3.30. The largest absolute Gasteiger partial charge is 0.490 e. The average molecular weight is 405 g/mol. The van der Waals surface area contributed by atoms with E-state index < -0.39 is 0 Å². The summed E-state index contributed by atoms with van der Waals surface area (Å²) in [5.74, 6) is 1.32. The molecular weight excluding hydrogens is 384 g/mol. The first-order valence-corrected chi connectivity index (χ1v) is 9.69. The molecule has 7 heteroatoms. The monoisotopic (exact) mass is 404 g/mol. The summed E-state index contributed by atoms with van der Waals surface area (Å²) in [6.45, 7) is 6.44. The SMILES string of the molecule is C=CCOc1ccc(C=NNC(=O)CSc2ccc(Cl)cc2)cc1OCC. The first-order valence-electron chi connectivity index (χ1n) is 8.33. The Balaban J connectivity index is 1.88. The predicted molar refractivity (Wildman–Crippen MR) is 111 cm³/mol. The van der Waals surface area contributed by atoms with Crippen molar-refractivity contribution in [2.24, 2.45) is 5.10 Å². The highest BCUT2D eigenvalue weighted by Gasteiger charge is 2.06. The molecule has 0 saturated heterocycles. The van der Waals surface area contributed by atoms with Gasteiger partial charge in [-0.1, -0.05) is 24.3 Å². The molecule has 0 unspecified atom stereocenters. The third kappa shape index (κ3) is 7.37. The van der Waals surface area contributed by atoms with Gasteiger partial charge in [-0.25, -0.2) is 5.43 Å². The summed E-state index contributed by atoms with van der Waals surface area (Å²) in [4.78, 5) is 12.9. The fourth-order valence-corrected chi connectivity index (χ4v) is 2.85. The quantitative estimate of drug-likeness (QED) is 0.273. The van der Waals surface area contributed by atoms with Gasteiger partial charge >= 0.3 is 0 Å². The van der Waals surface area contributed by atoms with Crippen molar-refractivity contribution in [3.05, 3.63) is 65.7 Å². The van der Waals surface area contributed by atoms with E-state index in [1.807, 2.05) is 25.1 Å². The molecule has 0 saturated carbocycles. The highest BCUT2D eigenvalue weighted by atomic mass is 35.5. The summed E-state index contributed by atoms with van der Waals surface area (Å²) < 4.78 is 11.1. The first kappa shape index (κ1) is 20.9. The van der Waals surface area contributed by atoms with Crippen molar-refractivity contribution >= 4 is 35.5 Å². The summed E-state index contributed by atoms with van der Waals surface area (Å²) in [7, 11) is 0. The van der Waals surface area contributed by atoms with Gasteiger partial charge in [-0.05, 0) is 55.0 Å². The third-order valence-corrected chi connectivity index (χ3v) is 4.47. The van der Waals surface area contributed by atoms with Crippen molar-refractivity contribution in [1.29, 1.82) is 0 Å². The highest BCUT2D eigenvalue weighted by molar-refractivity contribution is 8.00. The molecule has 2 aromatic rings. The van der Waals surface area contributed by atoms with Crippen molar-refractivity contribution in [2.45, 2.75) is 11.8 Å². The van der Waals surface area contributed by atoms with Crippen molar-refractivity contribution in [1.82, 2.24) is 5.43 Å². The number of thioether (sulfide) groups is 1. The van der Waals surface area contributed by atoms with Crippen LogP contribution in [0.4, 0.5) is 0 Å². The Kier molecular flexibility index (Phi) is 8.74. The lowest BCUT2D eigenvalue weighted by atomic mass is 10.2. The van der Waals surface area contributed by atoms with Gasteiger partial charge in [-0.15, -0.1) is 11.8 Å². The van der Waals surface area contributed by atoms with E-state index in [1.54, 1.807) is 36.6 Å². The second-order valence-electron chi connectivity index (χ2n) is 5.27. The van der Waals surface area contributed by atoms with E-state index in [9.17, 15) is 4.79 Å². The Labute approximate surface area is 168 Å². The van der Waals surface area contributed by atoms with E-state index in [1.165, 1.54) is 11.8 Å². The molecule has 0 radical (unpaired) electrons. The fraction of sp³-hybridized carbons (Fsp3) is 0.200. The predicted octanol–water partition coefficient (Wildman–Crippen LogP) is 4.55. The number of benzene rings is 2. The molecule has 0 bridgehead atoms. The van der Waals surface area contributed by atoms with Crippen LogP contribution < -0.4 is 14.9 Å². The van der Waals surface area contributed by atoms with Gasteiger partial charge in [0.25, 0.3) is 0 Å². The number of nitrogens with one attached hydrogen (secondary N) is 1. The maximum atomic E-state index is 11.9. The maximum Gasteiger partial charge on any atom is 0.250 e. The number of amides is 1. The number of hydrazone groups is 1. The molecule has 0 fully saturated rings. The van der Waals surface area contributed by atoms with Crippen molar-refractivity contribution in [3.63, 3.8) is 0 Å². The molecule has 0 heterocycles. The molecule has 142 valence electrons. The van der Waals surface area contributed by atoms with Gasteiger partial charge < -0.3 is 9.47 Å². The van der Waals surface area contributed by atoms with E-state index in [0.29, 0.717) is 29.7 Å². The van der Waals surface area contributed by atoms with Crippen molar-refractivity contribution in [2.75, 3.05) is 19.0 Å². The topological polar surface area (TPSA) is 59.9 Å². The maximum absolute atomic E-state index is 11.9.